The summed E-state index contributed by atoms with van der Waals surface area (Å²) in [5, 5.41) is 11.2. The van der Waals surface area contributed by atoms with Crippen molar-refractivity contribution in [2.75, 3.05) is 11.9 Å². The highest BCUT2D eigenvalue weighted by Crippen LogP contribution is 2.28. The Balaban J connectivity index is 1.75. The molecule has 0 aliphatic carbocycles. The van der Waals surface area contributed by atoms with Crippen molar-refractivity contribution in [3.05, 3.63) is 40.7 Å². The molecule has 0 spiro atoms. The van der Waals surface area contributed by atoms with E-state index in [4.69, 9.17) is 9.05 Å². The van der Waals surface area contributed by atoms with Crippen molar-refractivity contribution in [1.29, 1.82) is 0 Å². The third kappa shape index (κ3) is 3.70. The van der Waals surface area contributed by atoms with Crippen LogP contribution in [0.2, 0.25) is 0 Å². The molecule has 1 N–H and O–H groups in total. The third-order valence-electron chi connectivity index (χ3n) is 4.10. The topological polar surface area (TPSA) is 89.9 Å². The van der Waals surface area contributed by atoms with Gasteiger partial charge in [0.25, 0.3) is 0 Å². The number of anilines is 1. The minimum absolute atomic E-state index is 0.242. The molecular weight excluding hydrogens is 318 g/mol. The van der Waals surface area contributed by atoms with Crippen molar-refractivity contribution in [2.24, 2.45) is 0 Å². The quantitative estimate of drug-likeness (QED) is 0.729. The lowest BCUT2D eigenvalue weighted by Gasteiger charge is -2.12. The Morgan fingerprint density at radius 3 is 2.52 bits per heavy atom. The molecule has 3 heterocycles. The maximum Gasteiger partial charge on any atom is 0.222 e. The van der Waals surface area contributed by atoms with Gasteiger partial charge in [0.15, 0.2) is 5.76 Å². The molecule has 7 heteroatoms. The summed E-state index contributed by atoms with van der Waals surface area (Å²) in [6, 6.07) is 1.90. The first kappa shape index (κ1) is 17.1. The molecule has 0 aromatic carbocycles. The first-order chi connectivity index (χ1) is 12.0. The zero-order valence-corrected chi connectivity index (χ0v) is 15.3. The maximum absolute atomic E-state index is 5.37. The Bertz CT molecular complexity index is 847. The van der Waals surface area contributed by atoms with Gasteiger partial charge in [-0.05, 0) is 33.1 Å². The predicted octanol–water partition coefficient (Wildman–Crippen LogP) is 3.82. The molecule has 0 aliphatic heterocycles. The molecule has 0 amide bonds. The van der Waals surface area contributed by atoms with Crippen molar-refractivity contribution in [2.45, 2.75) is 47.0 Å². The van der Waals surface area contributed by atoms with E-state index in [1.807, 2.05) is 26.8 Å². The van der Waals surface area contributed by atoms with Crippen LogP contribution in [0.1, 0.15) is 48.2 Å². The fourth-order valence-corrected chi connectivity index (χ4v) is 2.76. The second kappa shape index (κ2) is 7.04. The average molecular weight is 341 g/mol. The zero-order valence-electron chi connectivity index (χ0n) is 15.3. The summed E-state index contributed by atoms with van der Waals surface area (Å²) in [4.78, 5) is 9.09. The second-order valence-electron chi connectivity index (χ2n) is 6.46. The molecule has 0 aliphatic rings. The van der Waals surface area contributed by atoms with E-state index in [-0.39, 0.29) is 5.92 Å². The van der Waals surface area contributed by atoms with Gasteiger partial charge in [-0.1, -0.05) is 24.2 Å². The Hall–Kier alpha value is -2.70. The molecule has 0 radical (unpaired) electrons. The van der Waals surface area contributed by atoms with Gasteiger partial charge in [-0.25, -0.2) is 9.97 Å². The fraction of sp³-hybridized carbons (Fsp3) is 0.444. The Morgan fingerprint density at radius 1 is 1.12 bits per heavy atom. The van der Waals surface area contributed by atoms with E-state index in [1.165, 1.54) is 0 Å². The van der Waals surface area contributed by atoms with Gasteiger partial charge in [0.05, 0.1) is 22.6 Å². The molecule has 7 nitrogen and oxygen atoms in total. The first-order valence-corrected chi connectivity index (χ1v) is 8.42. The van der Waals surface area contributed by atoms with Crippen LogP contribution < -0.4 is 5.32 Å². The van der Waals surface area contributed by atoms with Crippen LogP contribution in [-0.2, 0) is 6.42 Å². The molecule has 25 heavy (non-hydrogen) atoms. The van der Waals surface area contributed by atoms with Gasteiger partial charge in [0.1, 0.15) is 5.76 Å². The lowest BCUT2D eigenvalue weighted by Crippen LogP contribution is -2.10. The van der Waals surface area contributed by atoms with E-state index in [9.17, 15) is 0 Å². The van der Waals surface area contributed by atoms with Crippen molar-refractivity contribution < 1.29 is 9.05 Å². The van der Waals surface area contributed by atoms with E-state index < -0.39 is 0 Å². The van der Waals surface area contributed by atoms with Crippen molar-refractivity contribution in [3.8, 4) is 11.3 Å². The van der Waals surface area contributed by atoms with Gasteiger partial charge in [-0.15, -0.1) is 0 Å². The predicted molar refractivity (Wildman–Crippen MR) is 94.5 cm³/mol. The smallest absolute Gasteiger partial charge is 0.222 e. The summed E-state index contributed by atoms with van der Waals surface area (Å²) < 4.78 is 10.6. The normalized spacial score (nSPS) is 11.3. The summed E-state index contributed by atoms with van der Waals surface area (Å²) in [5.74, 6) is 2.41. The van der Waals surface area contributed by atoms with E-state index in [0.717, 1.165) is 40.4 Å². The van der Waals surface area contributed by atoms with Crippen LogP contribution in [0.3, 0.4) is 0 Å². The molecule has 3 aromatic rings. The van der Waals surface area contributed by atoms with Crippen molar-refractivity contribution >= 4 is 5.95 Å². The molecule has 0 bridgehead atoms. The fourth-order valence-electron chi connectivity index (χ4n) is 2.76. The van der Waals surface area contributed by atoms with Crippen LogP contribution in [0.25, 0.3) is 11.3 Å². The van der Waals surface area contributed by atoms with E-state index in [2.05, 4.69) is 39.4 Å². The number of rotatable bonds is 6. The van der Waals surface area contributed by atoms with E-state index >= 15 is 0 Å². The van der Waals surface area contributed by atoms with Gasteiger partial charge >= 0.3 is 0 Å². The molecule has 0 unspecified atom stereocenters. The number of hydrogen-bond donors (Lipinski definition) is 1. The average Bonchev–Trinajstić information content (AvgIpc) is 3.15. The highest BCUT2D eigenvalue weighted by molar-refractivity contribution is 5.61. The number of aromatic nitrogens is 4. The molecule has 0 fully saturated rings. The van der Waals surface area contributed by atoms with Crippen LogP contribution in [0, 0.1) is 20.8 Å². The van der Waals surface area contributed by atoms with E-state index in [0.29, 0.717) is 18.3 Å². The minimum atomic E-state index is 0.242. The largest absolute Gasteiger partial charge is 0.361 e. The highest BCUT2D eigenvalue weighted by Gasteiger charge is 2.16. The molecule has 0 saturated carbocycles. The molecule has 0 saturated heterocycles. The molecule has 3 rings (SSSR count). The summed E-state index contributed by atoms with van der Waals surface area (Å²) in [6.45, 7) is 10.7. The van der Waals surface area contributed by atoms with Crippen molar-refractivity contribution in [1.82, 2.24) is 20.3 Å². The Labute approximate surface area is 146 Å². The molecular formula is C18H23N5O2. The molecule has 3 aromatic heterocycles. The van der Waals surface area contributed by atoms with Gasteiger partial charge in [-0.2, -0.15) is 0 Å². The number of nitrogens with one attached hydrogen (secondary N) is 1. The zero-order chi connectivity index (χ0) is 18.0. The van der Waals surface area contributed by atoms with Gasteiger partial charge < -0.3 is 14.4 Å². The van der Waals surface area contributed by atoms with E-state index in [1.54, 1.807) is 6.20 Å². The summed E-state index contributed by atoms with van der Waals surface area (Å²) in [7, 11) is 0. The number of aryl methyl sites for hydroxylation is 3. The van der Waals surface area contributed by atoms with Crippen LogP contribution >= 0.6 is 0 Å². The lowest BCUT2D eigenvalue weighted by molar-refractivity contribution is 0.392. The first-order valence-electron chi connectivity index (χ1n) is 8.42. The third-order valence-corrected chi connectivity index (χ3v) is 4.10. The van der Waals surface area contributed by atoms with Crippen LogP contribution in [0.4, 0.5) is 5.95 Å². The molecule has 132 valence electrons. The van der Waals surface area contributed by atoms with Crippen LogP contribution in [-0.4, -0.2) is 26.8 Å². The maximum atomic E-state index is 5.37. The van der Waals surface area contributed by atoms with Gasteiger partial charge in [0.2, 0.25) is 5.95 Å². The van der Waals surface area contributed by atoms with Crippen molar-refractivity contribution in [3.63, 3.8) is 0 Å². The standard InChI is InChI=1S/C18H23N5O2/c1-10(2)17-15(16-8-11(3)22-25-16)9-20-18(21-17)19-7-6-14-12(4)23-24-13(14)5/h8-10H,6-7H2,1-5H3,(H,19,20,21). The SMILES string of the molecule is Cc1cc(-c2cnc(NCCc3c(C)noc3C)nc2C(C)C)on1. The van der Waals surface area contributed by atoms with Gasteiger partial charge in [0, 0.05) is 24.4 Å². The Kier molecular flexibility index (Phi) is 4.83. The van der Waals surface area contributed by atoms with Gasteiger partial charge in [-0.3, -0.25) is 0 Å². The second-order valence-corrected chi connectivity index (χ2v) is 6.46. The monoisotopic (exact) mass is 341 g/mol. The summed E-state index contributed by atoms with van der Waals surface area (Å²) in [6.07, 6.45) is 2.60. The van der Waals surface area contributed by atoms with Crippen LogP contribution in [0.15, 0.2) is 21.3 Å². The summed E-state index contributed by atoms with van der Waals surface area (Å²) >= 11 is 0. The number of hydrogen-bond acceptors (Lipinski definition) is 7. The van der Waals surface area contributed by atoms with Crippen LogP contribution in [0.5, 0.6) is 0 Å². The summed E-state index contributed by atoms with van der Waals surface area (Å²) in [5.41, 5.74) is 4.72. The number of nitrogens with zero attached hydrogens (tertiary/aromatic N) is 4. The Morgan fingerprint density at radius 2 is 1.92 bits per heavy atom. The lowest BCUT2D eigenvalue weighted by atomic mass is 10.0. The molecule has 0 atom stereocenters. The highest BCUT2D eigenvalue weighted by atomic mass is 16.5. The minimum Gasteiger partial charge on any atom is -0.361 e.